The van der Waals surface area contributed by atoms with Crippen LogP contribution < -0.4 is 5.32 Å². The van der Waals surface area contributed by atoms with Gasteiger partial charge in [-0.25, -0.2) is 4.79 Å². The van der Waals surface area contributed by atoms with E-state index in [1.54, 1.807) is 31.2 Å². The van der Waals surface area contributed by atoms with Gasteiger partial charge in [0.25, 0.3) is 0 Å². The molecule has 0 aliphatic rings. The van der Waals surface area contributed by atoms with Crippen LogP contribution in [0.25, 0.3) is 0 Å². The zero-order valence-corrected chi connectivity index (χ0v) is 11.8. The van der Waals surface area contributed by atoms with Crippen LogP contribution in [0.5, 0.6) is 0 Å². The van der Waals surface area contributed by atoms with Gasteiger partial charge in [-0.15, -0.1) is 0 Å². The van der Waals surface area contributed by atoms with Crippen molar-refractivity contribution in [3.05, 3.63) is 65.2 Å². The number of hydrogen-bond donors (Lipinski definition) is 1. The number of benzene rings is 2. The van der Waals surface area contributed by atoms with Gasteiger partial charge in [0.05, 0.1) is 23.8 Å². The summed E-state index contributed by atoms with van der Waals surface area (Å²) in [5.41, 5.74) is 3.00. The standard InChI is InChI=1S/C17H16N2O2/c1-2-21-17(20)15-7-4-8-16(10-15)19-12-14-6-3-5-13(9-14)11-18/h3-10,19H,2,12H2,1H3. The maximum absolute atomic E-state index is 11.7. The van der Waals surface area contributed by atoms with Gasteiger partial charge in [0.1, 0.15) is 0 Å². The van der Waals surface area contributed by atoms with Crippen LogP contribution in [-0.4, -0.2) is 12.6 Å². The first-order chi connectivity index (χ1) is 10.2. The summed E-state index contributed by atoms with van der Waals surface area (Å²) >= 11 is 0. The fourth-order valence-electron chi connectivity index (χ4n) is 1.93. The van der Waals surface area contributed by atoms with E-state index >= 15 is 0 Å². The fourth-order valence-corrected chi connectivity index (χ4v) is 1.93. The van der Waals surface area contributed by atoms with Crippen LogP contribution in [0.1, 0.15) is 28.4 Å². The second kappa shape index (κ2) is 7.11. The first-order valence-corrected chi connectivity index (χ1v) is 6.73. The van der Waals surface area contributed by atoms with Crippen molar-refractivity contribution in [1.82, 2.24) is 0 Å². The molecule has 0 aromatic heterocycles. The second-order valence-electron chi connectivity index (χ2n) is 4.47. The molecule has 0 unspecified atom stereocenters. The Morgan fingerprint density at radius 2 is 2.05 bits per heavy atom. The largest absolute Gasteiger partial charge is 0.462 e. The Morgan fingerprint density at radius 3 is 2.81 bits per heavy atom. The van der Waals surface area contributed by atoms with E-state index in [0.717, 1.165) is 11.3 Å². The number of carbonyl (C=O) groups is 1. The predicted molar refractivity (Wildman–Crippen MR) is 80.9 cm³/mol. The number of nitrogens with one attached hydrogen (secondary N) is 1. The molecule has 0 amide bonds. The summed E-state index contributed by atoms with van der Waals surface area (Å²) < 4.78 is 4.97. The van der Waals surface area contributed by atoms with Gasteiger partial charge in [0, 0.05) is 12.2 Å². The van der Waals surface area contributed by atoms with Crippen molar-refractivity contribution < 1.29 is 9.53 Å². The first-order valence-electron chi connectivity index (χ1n) is 6.73. The fraction of sp³-hybridized carbons (Fsp3) is 0.176. The van der Waals surface area contributed by atoms with Crippen molar-refractivity contribution in [3.8, 4) is 6.07 Å². The van der Waals surface area contributed by atoms with Gasteiger partial charge in [-0.2, -0.15) is 5.26 Å². The molecule has 0 spiro atoms. The monoisotopic (exact) mass is 280 g/mol. The predicted octanol–water partition coefficient (Wildman–Crippen LogP) is 3.35. The van der Waals surface area contributed by atoms with Crippen molar-refractivity contribution >= 4 is 11.7 Å². The molecule has 0 fully saturated rings. The van der Waals surface area contributed by atoms with Crippen LogP contribution in [0.2, 0.25) is 0 Å². The maximum atomic E-state index is 11.7. The van der Waals surface area contributed by atoms with Crippen LogP contribution in [-0.2, 0) is 11.3 Å². The molecule has 2 aromatic carbocycles. The van der Waals surface area contributed by atoms with Gasteiger partial charge >= 0.3 is 5.97 Å². The number of rotatable bonds is 5. The molecule has 0 saturated carbocycles. The second-order valence-corrected chi connectivity index (χ2v) is 4.47. The van der Waals surface area contributed by atoms with Crippen molar-refractivity contribution in [3.63, 3.8) is 0 Å². The summed E-state index contributed by atoms with van der Waals surface area (Å²) in [6.45, 7) is 2.72. The molecule has 2 aromatic rings. The number of anilines is 1. The highest BCUT2D eigenvalue weighted by molar-refractivity contribution is 5.90. The van der Waals surface area contributed by atoms with Crippen LogP contribution in [0.3, 0.4) is 0 Å². The molecule has 2 rings (SSSR count). The Kier molecular flexibility index (Phi) is 4.94. The van der Waals surface area contributed by atoms with Gasteiger partial charge in [-0.05, 0) is 42.8 Å². The summed E-state index contributed by atoms with van der Waals surface area (Å²) in [4.78, 5) is 11.7. The Hall–Kier alpha value is -2.80. The van der Waals surface area contributed by atoms with Crippen LogP contribution in [0.4, 0.5) is 5.69 Å². The molecule has 1 N–H and O–H groups in total. The molecule has 0 aliphatic carbocycles. The van der Waals surface area contributed by atoms with E-state index in [4.69, 9.17) is 10.00 Å². The summed E-state index contributed by atoms with van der Waals surface area (Å²) in [6.07, 6.45) is 0. The van der Waals surface area contributed by atoms with Gasteiger partial charge < -0.3 is 10.1 Å². The zero-order valence-electron chi connectivity index (χ0n) is 11.8. The number of hydrogen-bond acceptors (Lipinski definition) is 4. The lowest BCUT2D eigenvalue weighted by Crippen LogP contribution is -2.06. The highest BCUT2D eigenvalue weighted by Gasteiger charge is 2.06. The third kappa shape index (κ3) is 4.08. The Morgan fingerprint density at radius 1 is 1.24 bits per heavy atom. The third-order valence-corrected chi connectivity index (χ3v) is 2.93. The van der Waals surface area contributed by atoms with Crippen molar-refractivity contribution in [2.45, 2.75) is 13.5 Å². The molecular formula is C17H16N2O2. The molecule has 21 heavy (non-hydrogen) atoms. The van der Waals surface area contributed by atoms with E-state index in [1.165, 1.54) is 0 Å². The minimum atomic E-state index is -0.326. The van der Waals surface area contributed by atoms with E-state index in [2.05, 4.69) is 11.4 Å². The molecule has 0 heterocycles. The molecule has 106 valence electrons. The van der Waals surface area contributed by atoms with E-state index in [1.807, 2.05) is 24.3 Å². The van der Waals surface area contributed by atoms with Gasteiger partial charge in [-0.3, -0.25) is 0 Å². The molecular weight excluding hydrogens is 264 g/mol. The van der Waals surface area contributed by atoms with Crippen molar-refractivity contribution in [2.75, 3.05) is 11.9 Å². The summed E-state index contributed by atoms with van der Waals surface area (Å²) in [5.74, 6) is -0.326. The SMILES string of the molecule is CCOC(=O)c1cccc(NCc2cccc(C#N)c2)c1. The van der Waals surface area contributed by atoms with Gasteiger partial charge in [0.2, 0.25) is 0 Å². The lowest BCUT2D eigenvalue weighted by molar-refractivity contribution is 0.0526. The molecule has 4 nitrogen and oxygen atoms in total. The van der Waals surface area contributed by atoms with Crippen LogP contribution >= 0.6 is 0 Å². The quantitative estimate of drug-likeness (QED) is 0.853. The highest BCUT2D eigenvalue weighted by Crippen LogP contribution is 2.13. The average Bonchev–Trinajstić information content (AvgIpc) is 2.53. The molecule has 0 bridgehead atoms. The van der Waals surface area contributed by atoms with E-state index in [-0.39, 0.29) is 5.97 Å². The number of esters is 1. The number of carbonyl (C=O) groups excluding carboxylic acids is 1. The maximum Gasteiger partial charge on any atom is 0.338 e. The lowest BCUT2D eigenvalue weighted by atomic mass is 10.1. The van der Waals surface area contributed by atoms with Crippen LogP contribution in [0, 0.1) is 11.3 Å². The number of nitriles is 1. The van der Waals surface area contributed by atoms with Gasteiger partial charge in [-0.1, -0.05) is 18.2 Å². The van der Waals surface area contributed by atoms with Gasteiger partial charge in [0.15, 0.2) is 0 Å². The van der Waals surface area contributed by atoms with E-state index in [9.17, 15) is 4.79 Å². The zero-order chi connectivity index (χ0) is 15.1. The average molecular weight is 280 g/mol. The van der Waals surface area contributed by atoms with Crippen molar-refractivity contribution in [2.24, 2.45) is 0 Å². The minimum Gasteiger partial charge on any atom is -0.462 e. The molecule has 0 radical (unpaired) electrons. The molecule has 4 heteroatoms. The molecule has 0 atom stereocenters. The normalized spacial score (nSPS) is 9.71. The summed E-state index contributed by atoms with van der Waals surface area (Å²) in [6, 6.07) is 16.7. The van der Waals surface area contributed by atoms with E-state index < -0.39 is 0 Å². The smallest absolute Gasteiger partial charge is 0.338 e. The Labute approximate surface area is 124 Å². The van der Waals surface area contributed by atoms with Crippen molar-refractivity contribution in [1.29, 1.82) is 5.26 Å². The highest BCUT2D eigenvalue weighted by atomic mass is 16.5. The number of nitrogens with zero attached hydrogens (tertiary/aromatic N) is 1. The summed E-state index contributed by atoms with van der Waals surface area (Å²) in [5, 5.41) is 12.1. The Bertz CT molecular complexity index is 674. The first kappa shape index (κ1) is 14.6. The number of ether oxygens (including phenoxy) is 1. The van der Waals surface area contributed by atoms with Crippen LogP contribution in [0.15, 0.2) is 48.5 Å². The summed E-state index contributed by atoms with van der Waals surface area (Å²) in [7, 11) is 0. The third-order valence-electron chi connectivity index (χ3n) is 2.93. The Balaban J connectivity index is 2.04. The molecule has 0 aliphatic heterocycles. The molecule has 0 saturated heterocycles. The van der Waals surface area contributed by atoms with E-state index in [0.29, 0.717) is 24.3 Å². The minimum absolute atomic E-state index is 0.326. The topological polar surface area (TPSA) is 62.1 Å². The lowest BCUT2D eigenvalue weighted by Gasteiger charge is -2.08.